The molecule has 146 valence electrons. The van der Waals surface area contributed by atoms with E-state index in [2.05, 4.69) is 61.8 Å². The zero-order valence-corrected chi connectivity index (χ0v) is 16.4. The monoisotopic (exact) mass is 386 g/mol. The number of aryl methyl sites for hydroxylation is 2. The largest absolute Gasteiger partial charge is 0.311 e. The molecule has 0 saturated carbocycles. The highest BCUT2D eigenvalue weighted by molar-refractivity contribution is 5.80. The second kappa shape index (κ2) is 8.18. The fourth-order valence-electron chi connectivity index (χ4n) is 3.51. The van der Waals surface area contributed by atoms with E-state index in [1.54, 1.807) is 0 Å². The predicted octanol–water partition coefficient (Wildman–Crippen LogP) is 3.47. The van der Waals surface area contributed by atoms with E-state index in [1.807, 2.05) is 31.2 Å². The lowest BCUT2D eigenvalue weighted by atomic mass is 9.96. The van der Waals surface area contributed by atoms with Gasteiger partial charge in [0.05, 0.1) is 5.69 Å². The predicted molar refractivity (Wildman–Crippen MR) is 111 cm³/mol. The smallest absolute Gasteiger partial charge is 0.254 e. The maximum atomic E-state index is 12.5. The van der Waals surface area contributed by atoms with Crippen LogP contribution >= 0.6 is 0 Å². The summed E-state index contributed by atoms with van der Waals surface area (Å²) in [5.41, 5.74) is 5.66. The molecule has 7 nitrogen and oxygen atoms in total. The van der Waals surface area contributed by atoms with Crippen LogP contribution in [0.1, 0.15) is 36.0 Å². The first kappa shape index (κ1) is 18.7. The average Bonchev–Trinajstić information content (AvgIpc) is 3.26. The van der Waals surface area contributed by atoms with Crippen LogP contribution in [0.3, 0.4) is 0 Å². The van der Waals surface area contributed by atoms with Crippen LogP contribution in [0.25, 0.3) is 22.5 Å². The van der Waals surface area contributed by atoms with Crippen molar-refractivity contribution in [2.24, 2.45) is 0 Å². The number of benzene rings is 2. The summed E-state index contributed by atoms with van der Waals surface area (Å²) >= 11 is 0. The molecule has 0 bridgehead atoms. The zero-order chi connectivity index (χ0) is 20.2. The summed E-state index contributed by atoms with van der Waals surface area (Å²) in [5, 5.41) is 14.4. The molecule has 0 unspecified atom stereocenters. The highest BCUT2D eigenvalue weighted by Crippen LogP contribution is 2.30. The van der Waals surface area contributed by atoms with Crippen LogP contribution in [0.5, 0.6) is 0 Å². The van der Waals surface area contributed by atoms with Gasteiger partial charge >= 0.3 is 0 Å². The Bertz CT molecular complexity index is 1160. The minimum Gasteiger partial charge on any atom is -0.311 e. The number of tetrazole rings is 1. The molecule has 4 aromatic rings. The number of aromatic amines is 2. The van der Waals surface area contributed by atoms with Crippen molar-refractivity contribution in [1.82, 2.24) is 30.6 Å². The molecule has 2 aromatic heterocycles. The van der Waals surface area contributed by atoms with E-state index in [0.29, 0.717) is 18.1 Å². The van der Waals surface area contributed by atoms with Crippen molar-refractivity contribution in [3.8, 4) is 22.5 Å². The van der Waals surface area contributed by atoms with E-state index in [1.165, 1.54) is 0 Å². The van der Waals surface area contributed by atoms with E-state index >= 15 is 0 Å². The first-order valence-electron chi connectivity index (χ1n) is 9.66. The second-order valence-electron chi connectivity index (χ2n) is 6.98. The summed E-state index contributed by atoms with van der Waals surface area (Å²) in [6, 6.07) is 16.2. The molecule has 0 aliphatic carbocycles. The minimum absolute atomic E-state index is 0.0486. The quantitative estimate of drug-likeness (QED) is 0.528. The topological polar surface area (TPSA) is 100 Å². The molecule has 4 rings (SSSR count). The van der Waals surface area contributed by atoms with Crippen LogP contribution in [-0.2, 0) is 12.8 Å². The van der Waals surface area contributed by atoms with Crippen LogP contribution < -0.4 is 5.56 Å². The fraction of sp³-hybridized carbons (Fsp3) is 0.227. The van der Waals surface area contributed by atoms with Crippen LogP contribution in [0.4, 0.5) is 0 Å². The van der Waals surface area contributed by atoms with E-state index in [4.69, 9.17) is 0 Å². The molecule has 0 fully saturated rings. The lowest BCUT2D eigenvalue weighted by molar-refractivity contribution is 0.820. The van der Waals surface area contributed by atoms with Crippen molar-refractivity contribution < 1.29 is 0 Å². The van der Waals surface area contributed by atoms with Crippen molar-refractivity contribution in [3.05, 3.63) is 81.5 Å². The van der Waals surface area contributed by atoms with Gasteiger partial charge in [-0.15, -0.1) is 10.2 Å². The van der Waals surface area contributed by atoms with Crippen LogP contribution in [-0.4, -0.2) is 30.6 Å². The Morgan fingerprint density at radius 3 is 2.45 bits per heavy atom. The molecule has 2 heterocycles. The molecular formula is C22H22N6O. The Hall–Kier alpha value is -3.61. The number of nitrogens with one attached hydrogen (secondary N) is 2. The van der Waals surface area contributed by atoms with Crippen molar-refractivity contribution in [3.63, 3.8) is 0 Å². The molecule has 0 saturated heterocycles. The number of aromatic nitrogens is 6. The van der Waals surface area contributed by atoms with E-state index < -0.39 is 0 Å². The van der Waals surface area contributed by atoms with Gasteiger partial charge in [-0.05, 0) is 35.2 Å². The highest BCUT2D eigenvalue weighted by Gasteiger charge is 2.13. The lowest BCUT2D eigenvalue weighted by Crippen LogP contribution is -2.19. The average molecular weight is 386 g/mol. The van der Waals surface area contributed by atoms with Gasteiger partial charge in [-0.1, -0.05) is 61.9 Å². The molecule has 0 spiro atoms. The second-order valence-corrected chi connectivity index (χ2v) is 6.98. The number of H-pyrrole nitrogens is 2. The summed E-state index contributed by atoms with van der Waals surface area (Å²) < 4.78 is 0. The maximum Gasteiger partial charge on any atom is 0.254 e. The van der Waals surface area contributed by atoms with E-state index in [9.17, 15) is 4.79 Å². The van der Waals surface area contributed by atoms with Gasteiger partial charge in [-0.2, -0.15) is 5.21 Å². The lowest BCUT2D eigenvalue weighted by Gasteiger charge is -2.10. The van der Waals surface area contributed by atoms with Gasteiger partial charge in [0.15, 0.2) is 0 Å². The third kappa shape index (κ3) is 3.99. The van der Waals surface area contributed by atoms with Gasteiger partial charge in [0.25, 0.3) is 5.56 Å². The van der Waals surface area contributed by atoms with Crippen molar-refractivity contribution in [2.45, 2.75) is 33.1 Å². The van der Waals surface area contributed by atoms with Crippen molar-refractivity contribution in [2.75, 3.05) is 0 Å². The van der Waals surface area contributed by atoms with Gasteiger partial charge < -0.3 is 4.98 Å². The molecule has 7 heteroatoms. The zero-order valence-electron chi connectivity index (χ0n) is 16.4. The molecule has 0 aliphatic heterocycles. The number of rotatable bonds is 6. The van der Waals surface area contributed by atoms with Crippen molar-refractivity contribution >= 4 is 0 Å². The van der Waals surface area contributed by atoms with Crippen molar-refractivity contribution in [1.29, 1.82) is 0 Å². The third-order valence-corrected chi connectivity index (χ3v) is 4.87. The number of hydrogen-bond donors (Lipinski definition) is 2. The van der Waals surface area contributed by atoms with Crippen LogP contribution in [0, 0.1) is 6.92 Å². The van der Waals surface area contributed by atoms with Crippen LogP contribution in [0.2, 0.25) is 0 Å². The first-order valence-corrected chi connectivity index (χ1v) is 9.66. The fourth-order valence-corrected chi connectivity index (χ4v) is 3.51. The Labute approximate surface area is 168 Å². The summed E-state index contributed by atoms with van der Waals surface area (Å²) in [4.78, 5) is 19.9. The van der Waals surface area contributed by atoms with E-state index in [-0.39, 0.29) is 5.56 Å². The number of nitrogens with zero attached hydrogens (tertiary/aromatic N) is 4. The minimum atomic E-state index is -0.0486. The standard InChI is InChI=1S/C22H22N6O/c1-3-6-20-19(22(29)24-14(2)23-20)13-15-9-11-16(12-10-15)17-7-4-5-8-18(17)21-25-27-28-26-21/h4-5,7-12H,3,6,13H2,1-2H3,(H,23,24,29)(H,25,26,27,28). The van der Waals surface area contributed by atoms with Gasteiger partial charge in [0.1, 0.15) is 5.82 Å². The highest BCUT2D eigenvalue weighted by atomic mass is 16.1. The molecular weight excluding hydrogens is 364 g/mol. The Kier molecular flexibility index (Phi) is 5.29. The van der Waals surface area contributed by atoms with Crippen LogP contribution in [0.15, 0.2) is 53.3 Å². The molecule has 0 aliphatic rings. The van der Waals surface area contributed by atoms with Gasteiger partial charge in [-0.25, -0.2) is 4.98 Å². The summed E-state index contributed by atoms with van der Waals surface area (Å²) in [6.07, 6.45) is 2.32. The number of hydrogen-bond acceptors (Lipinski definition) is 5. The summed E-state index contributed by atoms with van der Waals surface area (Å²) in [7, 11) is 0. The first-order chi connectivity index (χ1) is 14.2. The molecule has 2 aromatic carbocycles. The SMILES string of the molecule is CCCc1nc(C)[nH]c(=O)c1Cc1ccc(-c2ccccc2-c2nn[nH]n2)cc1. The molecule has 0 radical (unpaired) electrons. The van der Waals surface area contributed by atoms with Gasteiger partial charge in [0.2, 0.25) is 5.82 Å². The van der Waals surface area contributed by atoms with Gasteiger partial charge in [0, 0.05) is 17.5 Å². The Balaban J connectivity index is 1.65. The molecule has 0 atom stereocenters. The van der Waals surface area contributed by atoms with Gasteiger partial charge in [-0.3, -0.25) is 4.79 Å². The molecule has 29 heavy (non-hydrogen) atoms. The normalized spacial score (nSPS) is 11.0. The molecule has 0 amide bonds. The maximum absolute atomic E-state index is 12.5. The Morgan fingerprint density at radius 1 is 1.00 bits per heavy atom. The summed E-state index contributed by atoms with van der Waals surface area (Å²) in [5.74, 6) is 1.22. The molecule has 2 N–H and O–H groups in total. The third-order valence-electron chi connectivity index (χ3n) is 4.87. The Morgan fingerprint density at radius 2 is 1.76 bits per heavy atom. The summed E-state index contributed by atoms with van der Waals surface area (Å²) in [6.45, 7) is 3.91. The van der Waals surface area contributed by atoms with E-state index in [0.717, 1.165) is 46.4 Å².